The van der Waals surface area contributed by atoms with Crippen molar-refractivity contribution < 1.29 is 13.2 Å². The molecule has 0 saturated carbocycles. The predicted octanol–water partition coefficient (Wildman–Crippen LogP) is 1.53. The van der Waals surface area contributed by atoms with Crippen LogP contribution in [0, 0.1) is 6.92 Å². The van der Waals surface area contributed by atoms with Gasteiger partial charge in [0.05, 0.1) is 16.8 Å². The summed E-state index contributed by atoms with van der Waals surface area (Å²) >= 11 is 5.91. The van der Waals surface area contributed by atoms with Gasteiger partial charge < -0.3 is 10.3 Å². The molecule has 0 fully saturated rings. The molecular formula is C12H13ClN4O3S. The summed E-state index contributed by atoms with van der Waals surface area (Å²) in [5.74, 6) is 0.0796. The van der Waals surface area contributed by atoms with Crippen molar-refractivity contribution in [3.05, 3.63) is 40.8 Å². The first-order valence-electron chi connectivity index (χ1n) is 5.89. The number of hydrogen-bond acceptors (Lipinski definition) is 4. The molecule has 0 aliphatic heterocycles. The summed E-state index contributed by atoms with van der Waals surface area (Å²) in [6.07, 6.45) is 1.22. The molecule has 1 aromatic heterocycles. The molecule has 0 aliphatic carbocycles. The van der Waals surface area contributed by atoms with E-state index < -0.39 is 15.9 Å². The van der Waals surface area contributed by atoms with E-state index in [1.807, 2.05) is 0 Å². The van der Waals surface area contributed by atoms with E-state index in [2.05, 4.69) is 20.0 Å². The van der Waals surface area contributed by atoms with Crippen molar-refractivity contribution in [3.63, 3.8) is 0 Å². The highest BCUT2D eigenvalue weighted by molar-refractivity contribution is 7.92. The maximum absolute atomic E-state index is 12.1. The van der Waals surface area contributed by atoms with Crippen LogP contribution in [0.15, 0.2) is 29.4 Å². The van der Waals surface area contributed by atoms with Gasteiger partial charge in [-0.2, -0.15) is 8.42 Å². The molecule has 0 atom stereocenters. The molecule has 21 heavy (non-hydrogen) atoms. The number of rotatable bonds is 4. The summed E-state index contributed by atoms with van der Waals surface area (Å²) in [5.41, 5.74) is 0.408. The lowest BCUT2D eigenvalue weighted by Crippen LogP contribution is -2.19. The zero-order valence-corrected chi connectivity index (χ0v) is 12.8. The molecule has 9 heteroatoms. The Kier molecular flexibility index (Phi) is 4.19. The number of imidazole rings is 1. The second kappa shape index (κ2) is 5.74. The van der Waals surface area contributed by atoms with Gasteiger partial charge in [0.25, 0.3) is 15.9 Å². The van der Waals surface area contributed by atoms with Crippen molar-refractivity contribution in [3.8, 4) is 0 Å². The van der Waals surface area contributed by atoms with Crippen molar-refractivity contribution in [2.75, 3.05) is 11.8 Å². The van der Waals surface area contributed by atoms with Crippen LogP contribution in [-0.2, 0) is 10.0 Å². The largest absolute Gasteiger partial charge is 0.355 e. The van der Waals surface area contributed by atoms with E-state index in [1.165, 1.54) is 31.4 Å². The van der Waals surface area contributed by atoms with Crippen LogP contribution in [0.1, 0.15) is 16.2 Å². The Labute approximate surface area is 126 Å². The van der Waals surface area contributed by atoms with E-state index in [9.17, 15) is 13.2 Å². The topological polar surface area (TPSA) is 104 Å². The Morgan fingerprint density at radius 3 is 2.67 bits per heavy atom. The van der Waals surface area contributed by atoms with E-state index in [0.29, 0.717) is 5.82 Å². The van der Waals surface area contributed by atoms with Crippen LogP contribution < -0.4 is 10.0 Å². The van der Waals surface area contributed by atoms with Gasteiger partial charge in [-0.25, -0.2) is 4.98 Å². The van der Waals surface area contributed by atoms with Crippen molar-refractivity contribution in [2.45, 2.75) is 11.9 Å². The van der Waals surface area contributed by atoms with Gasteiger partial charge in [-0.3, -0.25) is 9.52 Å². The summed E-state index contributed by atoms with van der Waals surface area (Å²) in [5, 5.41) is 2.60. The molecule has 2 rings (SSSR count). The van der Waals surface area contributed by atoms with Crippen molar-refractivity contribution in [1.29, 1.82) is 0 Å². The highest BCUT2D eigenvalue weighted by Gasteiger charge is 2.18. The fraction of sp³-hybridized carbons (Fsp3) is 0.167. The first-order valence-corrected chi connectivity index (χ1v) is 7.75. The third kappa shape index (κ3) is 3.34. The molecule has 1 heterocycles. The summed E-state index contributed by atoms with van der Waals surface area (Å²) in [6, 6.07) is 4.28. The number of benzene rings is 1. The van der Waals surface area contributed by atoms with Crippen molar-refractivity contribution in [1.82, 2.24) is 15.3 Å². The number of anilines is 1. The minimum Gasteiger partial charge on any atom is -0.355 e. The molecule has 0 unspecified atom stereocenters. The second-order valence-electron chi connectivity index (χ2n) is 4.21. The van der Waals surface area contributed by atoms with Crippen molar-refractivity contribution >= 4 is 33.2 Å². The van der Waals surface area contributed by atoms with E-state index >= 15 is 0 Å². The monoisotopic (exact) mass is 328 g/mol. The first-order chi connectivity index (χ1) is 9.83. The highest BCUT2D eigenvalue weighted by atomic mass is 35.5. The van der Waals surface area contributed by atoms with E-state index in [-0.39, 0.29) is 21.3 Å². The van der Waals surface area contributed by atoms with Gasteiger partial charge in [0.15, 0.2) is 5.03 Å². The quantitative estimate of drug-likeness (QED) is 0.791. The number of nitrogens with zero attached hydrogens (tertiary/aromatic N) is 1. The van der Waals surface area contributed by atoms with Gasteiger partial charge in [0.2, 0.25) is 0 Å². The van der Waals surface area contributed by atoms with Crippen LogP contribution in [0.4, 0.5) is 5.69 Å². The molecule has 0 radical (unpaired) electrons. The number of halogens is 1. The number of amides is 1. The number of nitrogens with one attached hydrogen (secondary N) is 3. The van der Waals surface area contributed by atoms with Gasteiger partial charge in [0, 0.05) is 12.7 Å². The number of carbonyl (C=O) groups excluding carboxylic acids is 1. The molecule has 112 valence electrons. The predicted molar refractivity (Wildman–Crippen MR) is 79.0 cm³/mol. The molecule has 7 nitrogen and oxygen atoms in total. The van der Waals surface area contributed by atoms with Gasteiger partial charge in [0.1, 0.15) is 5.82 Å². The normalized spacial score (nSPS) is 11.2. The van der Waals surface area contributed by atoms with Crippen LogP contribution in [-0.4, -0.2) is 31.3 Å². The molecule has 1 amide bonds. The minimum absolute atomic E-state index is 0.0588. The third-order valence-corrected chi connectivity index (χ3v) is 4.28. The maximum Gasteiger partial charge on any atom is 0.278 e. The van der Waals surface area contributed by atoms with Crippen LogP contribution in [0.25, 0.3) is 0 Å². The Hall–Kier alpha value is -2.06. The number of sulfonamides is 1. The fourth-order valence-electron chi connectivity index (χ4n) is 1.64. The van der Waals surface area contributed by atoms with E-state index in [4.69, 9.17) is 11.6 Å². The maximum atomic E-state index is 12.1. The lowest BCUT2D eigenvalue weighted by molar-refractivity contribution is 0.0963. The van der Waals surface area contributed by atoms with Crippen LogP contribution in [0.2, 0.25) is 5.02 Å². The van der Waals surface area contributed by atoms with E-state index in [1.54, 1.807) is 6.92 Å². The number of hydrogen-bond donors (Lipinski definition) is 3. The van der Waals surface area contributed by atoms with E-state index in [0.717, 1.165) is 0 Å². The zero-order valence-electron chi connectivity index (χ0n) is 11.3. The number of aryl methyl sites for hydroxylation is 1. The summed E-state index contributed by atoms with van der Waals surface area (Å²) < 4.78 is 26.6. The molecule has 0 bridgehead atoms. The third-order valence-electron chi connectivity index (χ3n) is 2.66. The number of H-pyrrole nitrogens is 1. The fourth-order valence-corrected chi connectivity index (χ4v) is 2.87. The molecule has 1 aromatic carbocycles. The highest BCUT2D eigenvalue weighted by Crippen LogP contribution is 2.22. The average Bonchev–Trinajstić information content (AvgIpc) is 2.87. The van der Waals surface area contributed by atoms with Gasteiger partial charge in [-0.15, -0.1) is 0 Å². The summed E-state index contributed by atoms with van der Waals surface area (Å²) in [4.78, 5) is 18.1. The number of aromatic amines is 1. The molecule has 2 aromatic rings. The lowest BCUT2D eigenvalue weighted by atomic mass is 10.2. The smallest absolute Gasteiger partial charge is 0.278 e. The molecule has 3 N–H and O–H groups in total. The Bertz CT molecular complexity index is 786. The molecule has 0 aliphatic rings. The van der Waals surface area contributed by atoms with Crippen LogP contribution in [0.3, 0.4) is 0 Å². The summed E-state index contributed by atoms with van der Waals surface area (Å²) in [6.45, 7) is 1.64. The van der Waals surface area contributed by atoms with Crippen molar-refractivity contribution in [2.24, 2.45) is 0 Å². The number of aromatic nitrogens is 2. The Morgan fingerprint density at radius 2 is 2.10 bits per heavy atom. The Balaban J connectivity index is 2.34. The number of carbonyl (C=O) groups is 1. The van der Waals surface area contributed by atoms with Gasteiger partial charge in [-0.1, -0.05) is 11.6 Å². The van der Waals surface area contributed by atoms with Crippen LogP contribution >= 0.6 is 11.6 Å². The lowest BCUT2D eigenvalue weighted by Gasteiger charge is -2.09. The second-order valence-corrected chi connectivity index (χ2v) is 6.27. The first kappa shape index (κ1) is 15.3. The average molecular weight is 329 g/mol. The Morgan fingerprint density at radius 1 is 1.38 bits per heavy atom. The van der Waals surface area contributed by atoms with Gasteiger partial charge >= 0.3 is 0 Å². The minimum atomic E-state index is -3.80. The standard InChI is InChI=1S/C12H13ClN4O3S/c1-7-15-6-11(16-7)21(19,20)17-8-3-4-10(13)9(5-8)12(18)14-2/h3-6,17H,1-2H3,(H,14,18)(H,15,16). The molecule has 0 spiro atoms. The summed E-state index contributed by atoms with van der Waals surface area (Å²) in [7, 11) is -2.34. The molecule has 0 saturated heterocycles. The van der Waals surface area contributed by atoms with Crippen LogP contribution in [0.5, 0.6) is 0 Å². The SMILES string of the molecule is CNC(=O)c1cc(NS(=O)(=O)c2cnc(C)[nH]2)ccc1Cl. The van der Waals surface area contributed by atoms with Gasteiger partial charge in [-0.05, 0) is 25.1 Å². The molecular weight excluding hydrogens is 316 g/mol. The zero-order chi connectivity index (χ0) is 15.6.